The Morgan fingerprint density at radius 1 is 1.24 bits per heavy atom. The van der Waals surface area contributed by atoms with E-state index >= 15 is 0 Å². The molecular weight excluding hydrogens is 492 g/mol. The van der Waals surface area contributed by atoms with Crippen LogP contribution in [0, 0.1) is 0 Å². The van der Waals surface area contributed by atoms with E-state index in [1.165, 1.54) is 4.90 Å². The number of rotatable bonds is 3. The first-order chi connectivity index (χ1) is 17.2. The molecule has 4 atom stereocenters. The number of nitrogens with one attached hydrogen (secondary N) is 2. The molecule has 3 amide bonds. The third-order valence-electron chi connectivity index (χ3n) is 6.58. The molecule has 0 bridgehead atoms. The van der Waals surface area contributed by atoms with Gasteiger partial charge in [0.25, 0.3) is 5.92 Å². The molecule has 3 rings (SSSR count). The Labute approximate surface area is 215 Å². The van der Waals surface area contributed by atoms with Gasteiger partial charge >= 0.3 is 12.1 Å². The molecule has 0 aromatic heterocycles. The Morgan fingerprint density at radius 2 is 1.95 bits per heavy atom. The molecule has 1 saturated carbocycles. The lowest BCUT2D eigenvalue weighted by Gasteiger charge is -2.30. The van der Waals surface area contributed by atoms with Crippen LogP contribution in [0.15, 0.2) is 11.6 Å². The summed E-state index contributed by atoms with van der Waals surface area (Å²) in [4.78, 5) is 53.1. The minimum absolute atomic E-state index is 0.00903. The maximum Gasteiger partial charge on any atom is 0.408 e. The number of allylic oxidation sites excluding steroid dienone is 1. The van der Waals surface area contributed by atoms with Crippen molar-refractivity contribution in [3.05, 3.63) is 11.6 Å². The van der Waals surface area contributed by atoms with E-state index in [1.54, 1.807) is 27.7 Å². The zero-order valence-corrected chi connectivity index (χ0v) is 21.8. The van der Waals surface area contributed by atoms with Crippen molar-refractivity contribution >= 4 is 23.9 Å². The Hall–Kier alpha value is -2.76. The fraction of sp³-hybridized carbons (Fsp3) is 0.760. The zero-order chi connectivity index (χ0) is 27.6. The van der Waals surface area contributed by atoms with Crippen molar-refractivity contribution in [2.45, 2.75) is 108 Å². The van der Waals surface area contributed by atoms with Gasteiger partial charge in [-0.1, -0.05) is 12.8 Å². The number of hydrogen-bond acceptors (Lipinski definition) is 7. The van der Waals surface area contributed by atoms with Crippen LogP contribution in [0.25, 0.3) is 0 Å². The number of nitrogens with zero attached hydrogens (tertiary/aromatic N) is 1. The molecule has 0 radical (unpaired) electrons. The molecule has 12 heteroatoms. The number of aliphatic hydroxyl groups is 1. The molecule has 1 aliphatic carbocycles. The molecule has 0 unspecified atom stereocenters. The number of ether oxygens (including phenoxy) is 2. The van der Waals surface area contributed by atoms with Crippen LogP contribution in [0.4, 0.5) is 13.6 Å². The van der Waals surface area contributed by atoms with Gasteiger partial charge < -0.3 is 30.1 Å². The topological polar surface area (TPSA) is 134 Å². The summed E-state index contributed by atoms with van der Waals surface area (Å²) in [5.74, 6) is -5.42. The minimum Gasteiger partial charge on any atom is -0.464 e. The van der Waals surface area contributed by atoms with Crippen molar-refractivity contribution in [1.29, 1.82) is 0 Å². The first-order valence-corrected chi connectivity index (χ1v) is 12.7. The Kier molecular flexibility index (Phi) is 8.50. The number of amides is 3. The Bertz CT molecular complexity index is 949. The third kappa shape index (κ3) is 7.18. The molecular formula is C25H37F2N3O7. The molecule has 2 heterocycles. The smallest absolute Gasteiger partial charge is 0.408 e. The highest BCUT2D eigenvalue weighted by molar-refractivity contribution is 5.99. The lowest BCUT2D eigenvalue weighted by Crippen LogP contribution is -2.56. The second kappa shape index (κ2) is 10.9. The molecule has 2 aliphatic heterocycles. The number of halogens is 2. The number of aliphatic hydroxyl groups excluding tert-OH is 1. The van der Waals surface area contributed by atoms with Crippen LogP contribution in [0.2, 0.25) is 0 Å². The van der Waals surface area contributed by atoms with Crippen LogP contribution in [0.1, 0.15) is 72.6 Å². The molecule has 10 nitrogen and oxygen atoms in total. The molecule has 3 N–H and O–H groups in total. The minimum atomic E-state index is -3.20. The summed E-state index contributed by atoms with van der Waals surface area (Å²) in [6, 6.07) is -2.25. The number of fused-ring (bicyclic) bond motifs is 2. The number of hydrogen-bond donors (Lipinski definition) is 3. The Morgan fingerprint density at radius 3 is 2.59 bits per heavy atom. The SMILES string of the molecule is CCOC(=O)[C@@]12CC1=CC(F)(F)CCCCC[C@H](NC(=O)OC(C)(C)C)C(=O)N1C[C@@H](O)C[C@H]1C(=O)N2. The van der Waals surface area contributed by atoms with E-state index in [1.807, 2.05) is 0 Å². The van der Waals surface area contributed by atoms with Crippen LogP contribution >= 0.6 is 0 Å². The normalized spacial score (nSPS) is 30.5. The fourth-order valence-electron chi connectivity index (χ4n) is 4.77. The standard InChI is InChI=1S/C25H37F2N3O7/c1-5-36-21(34)25-13-15(25)12-24(26,27)10-8-6-7-9-17(28-22(35)37-23(2,3)4)20(33)30-14-16(31)11-18(30)19(32)29-25/h12,16-18,31H,5-11,13-14H2,1-4H3,(H,28,35)(H,29,32)/t16-,17-,18-,25+/m0/s1. The summed E-state index contributed by atoms with van der Waals surface area (Å²) in [5.41, 5.74) is -2.49. The Balaban J connectivity index is 1.91. The van der Waals surface area contributed by atoms with Gasteiger partial charge in [0, 0.05) is 25.8 Å². The second-order valence-corrected chi connectivity index (χ2v) is 10.9. The zero-order valence-electron chi connectivity index (χ0n) is 21.8. The molecule has 3 aliphatic rings. The average molecular weight is 530 g/mol. The monoisotopic (exact) mass is 529 g/mol. The van der Waals surface area contributed by atoms with Crippen molar-refractivity contribution in [2.75, 3.05) is 13.2 Å². The summed E-state index contributed by atoms with van der Waals surface area (Å²) >= 11 is 0. The predicted octanol–water partition coefficient (Wildman–Crippen LogP) is 2.19. The van der Waals surface area contributed by atoms with E-state index in [0.29, 0.717) is 12.8 Å². The van der Waals surface area contributed by atoms with Gasteiger partial charge in [0.05, 0.1) is 12.7 Å². The van der Waals surface area contributed by atoms with Crippen LogP contribution in [0.3, 0.4) is 0 Å². The summed E-state index contributed by atoms with van der Waals surface area (Å²) in [6.45, 7) is 6.40. The van der Waals surface area contributed by atoms with E-state index < -0.39 is 65.5 Å². The van der Waals surface area contributed by atoms with Crippen molar-refractivity contribution in [2.24, 2.45) is 0 Å². The van der Waals surface area contributed by atoms with Crippen molar-refractivity contribution in [1.82, 2.24) is 15.5 Å². The van der Waals surface area contributed by atoms with Crippen molar-refractivity contribution < 1.29 is 42.5 Å². The number of carbonyl (C=O) groups is 4. The first kappa shape index (κ1) is 28.8. The molecule has 0 aromatic carbocycles. The maximum absolute atomic E-state index is 14.7. The maximum atomic E-state index is 14.7. The van der Waals surface area contributed by atoms with Crippen LogP contribution < -0.4 is 10.6 Å². The van der Waals surface area contributed by atoms with Gasteiger partial charge in [-0.25, -0.2) is 18.4 Å². The van der Waals surface area contributed by atoms with Crippen LogP contribution in [-0.4, -0.2) is 82.3 Å². The highest BCUT2D eigenvalue weighted by Gasteiger charge is 2.60. The fourth-order valence-corrected chi connectivity index (χ4v) is 4.77. The molecule has 208 valence electrons. The van der Waals surface area contributed by atoms with Gasteiger partial charge in [-0.05, 0) is 52.2 Å². The predicted molar refractivity (Wildman–Crippen MR) is 128 cm³/mol. The highest BCUT2D eigenvalue weighted by atomic mass is 19.3. The number of alkyl carbamates (subject to hydrolysis) is 1. The molecule has 0 spiro atoms. The van der Waals surface area contributed by atoms with E-state index in [-0.39, 0.29) is 44.4 Å². The van der Waals surface area contributed by atoms with Crippen LogP contribution in [-0.2, 0) is 23.9 Å². The lowest BCUT2D eigenvalue weighted by molar-refractivity contribution is -0.149. The summed E-state index contributed by atoms with van der Waals surface area (Å²) < 4.78 is 39.7. The van der Waals surface area contributed by atoms with Gasteiger partial charge in [0.2, 0.25) is 11.8 Å². The number of alkyl halides is 2. The van der Waals surface area contributed by atoms with E-state index in [9.17, 15) is 33.1 Å². The molecule has 2 fully saturated rings. The molecule has 37 heavy (non-hydrogen) atoms. The van der Waals surface area contributed by atoms with Crippen LogP contribution in [0.5, 0.6) is 0 Å². The second-order valence-electron chi connectivity index (χ2n) is 10.9. The molecule has 1 saturated heterocycles. The number of esters is 1. The first-order valence-electron chi connectivity index (χ1n) is 12.7. The van der Waals surface area contributed by atoms with Crippen molar-refractivity contribution in [3.63, 3.8) is 0 Å². The highest BCUT2D eigenvalue weighted by Crippen LogP contribution is 2.47. The third-order valence-corrected chi connectivity index (χ3v) is 6.58. The van der Waals surface area contributed by atoms with Gasteiger partial charge in [-0.3, -0.25) is 9.59 Å². The molecule has 0 aromatic rings. The lowest BCUT2D eigenvalue weighted by atomic mass is 10.0. The van der Waals surface area contributed by atoms with E-state index in [0.717, 1.165) is 6.08 Å². The van der Waals surface area contributed by atoms with Crippen molar-refractivity contribution in [3.8, 4) is 0 Å². The van der Waals surface area contributed by atoms with E-state index in [4.69, 9.17) is 9.47 Å². The van der Waals surface area contributed by atoms with Gasteiger partial charge in [-0.15, -0.1) is 0 Å². The van der Waals surface area contributed by atoms with Gasteiger partial charge in [0.1, 0.15) is 17.7 Å². The average Bonchev–Trinajstić information content (AvgIpc) is 3.28. The van der Waals surface area contributed by atoms with Gasteiger partial charge in [0.15, 0.2) is 5.54 Å². The summed E-state index contributed by atoms with van der Waals surface area (Å²) in [6.07, 6.45) is -0.812. The number of carbonyl (C=O) groups excluding carboxylic acids is 4. The largest absolute Gasteiger partial charge is 0.464 e. The summed E-state index contributed by atoms with van der Waals surface area (Å²) in [7, 11) is 0. The quantitative estimate of drug-likeness (QED) is 0.377. The summed E-state index contributed by atoms with van der Waals surface area (Å²) in [5, 5.41) is 15.4. The van der Waals surface area contributed by atoms with E-state index in [2.05, 4.69) is 10.6 Å². The van der Waals surface area contributed by atoms with Gasteiger partial charge in [-0.2, -0.15) is 0 Å².